The van der Waals surface area contributed by atoms with Gasteiger partial charge in [0.05, 0.1) is 7.11 Å². The fourth-order valence-corrected chi connectivity index (χ4v) is 4.00. The van der Waals surface area contributed by atoms with E-state index in [1.807, 2.05) is 31.2 Å². The molecule has 0 heterocycles. The molecule has 0 aliphatic carbocycles. The monoisotopic (exact) mass is 337 g/mol. The predicted octanol–water partition coefficient (Wildman–Crippen LogP) is 3.07. The Bertz CT molecular complexity index is 712. The lowest BCUT2D eigenvalue weighted by Gasteiger charge is -2.10. The summed E-state index contributed by atoms with van der Waals surface area (Å²) < 4.78 is 32.2. The van der Waals surface area contributed by atoms with Crippen LogP contribution in [0.25, 0.3) is 0 Å². The third kappa shape index (κ3) is 4.50. The van der Waals surface area contributed by atoms with Gasteiger partial charge in [-0.05, 0) is 31.2 Å². The van der Waals surface area contributed by atoms with Crippen LogP contribution in [0.3, 0.4) is 0 Å². The van der Waals surface area contributed by atoms with Crippen LogP contribution in [0.2, 0.25) is 0 Å². The molecule has 0 aliphatic rings. The number of methoxy groups -OCH3 is 1. The van der Waals surface area contributed by atoms with Crippen molar-refractivity contribution >= 4 is 21.8 Å². The normalized spacial score (nSPS) is 11.4. The fourth-order valence-electron chi connectivity index (χ4n) is 1.90. The van der Waals surface area contributed by atoms with Gasteiger partial charge < -0.3 is 4.74 Å². The summed E-state index contributed by atoms with van der Waals surface area (Å²) in [4.78, 5) is 1.29. The van der Waals surface area contributed by atoms with E-state index < -0.39 is 10.0 Å². The van der Waals surface area contributed by atoms with Crippen LogP contribution in [0.15, 0.2) is 58.3 Å². The van der Waals surface area contributed by atoms with Gasteiger partial charge in [-0.15, -0.1) is 11.8 Å². The molecule has 0 fully saturated rings. The molecule has 0 saturated carbocycles. The molecule has 0 unspecified atom stereocenters. The molecule has 2 rings (SSSR count). The van der Waals surface area contributed by atoms with E-state index in [2.05, 4.69) is 4.72 Å². The van der Waals surface area contributed by atoms with Crippen LogP contribution < -0.4 is 9.46 Å². The molecule has 1 N–H and O–H groups in total. The second-order valence-electron chi connectivity index (χ2n) is 4.71. The summed E-state index contributed by atoms with van der Waals surface area (Å²) in [7, 11) is -2.09. The summed E-state index contributed by atoms with van der Waals surface area (Å²) in [6, 6.07) is 14.7. The number of ether oxygens (including phenoxy) is 1. The maximum atomic E-state index is 12.3. The van der Waals surface area contributed by atoms with Gasteiger partial charge in [-0.25, -0.2) is 13.1 Å². The lowest BCUT2D eigenvalue weighted by atomic mass is 10.2. The van der Waals surface area contributed by atoms with Gasteiger partial charge in [0.15, 0.2) is 0 Å². The van der Waals surface area contributed by atoms with Gasteiger partial charge in [0.2, 0.25) is 10.0 Å². The minimum absolute atomic E-state index is 0.165. The van der Waals surface area contributed by atoms with Crippen molar-refractivity contribution in [3.05, 3.63) is 54.1 Å². The molecule has 2 aromatic rings. The zero-order valence-corrected chi connectivity index (χ0v) is 14.2. The summed E-state index contributed by atoms with van der Waals surface area (Å²) >= 11 is 1.62. The molecular weight excluding hydrogens is 318 g/mol. The van der Waals surface area contributed by atoms with Crippen LogP contribution in [-0.4, -0.2) is 27.8 Å². The highest BCUT2D eigenvalue weighted by Crippen LogP contribution is 2.23. The molecule has 0 atom stereocenters. The van der Waals surface area contributed by atoms with Crippen molar-refractivity contribution < 1.29 is 13.2 Å². The Morgan fingerprint density at radius 1 is 1.09 bits per heavy atom. The average Bonchev–Trinajstić information content (AvgIpc) is 2.53. The Morgan fingerprint density at radius 3 is 2.45 bits per heavy atom. The minimum atomic E-state index is -3.55. The molecule has 0 aromatic heterocycles. The molecule has 4 nitrogen and oxygen atoms in total. The van der Waals surface area contributed by atoms with Gasteiger partial charge in [-0.1, -0.05) is 29.8 Å². The highest BCUT2D eigenvalue weighted by atomic mass is 32.2. The summed E-state index contributed by atoms with van der Waals surface area (Å²) in [6.07, 6.45) is 0. The quantitative estimate of drug-likeness (QED) is 0.623. The molecule has 0 saturated heterocycles. The van der Waals surface area contributed by atoms with E-state index in [0.29, 0.717) is 18.0 Å². The van der Waals surface area contributed by atoms with E-state index in [0.717, 1.165) is 4.90 Å². The van der Waals surface area contributed by atoms with Crippen molar-refractivity contribution in [3.8, 4) is 5.75 Å². The molecule has 0 spiro atoms. The number of para-hydroxylation sites is 1. The molecular formula is C16H19NO3S2. The SMILES string of the molecule is COc1ccccc1S(=O)(=O)NCCSc1ccc(C)cc1. The predicted molar refractivity (Wildman–Crippen MR) is 90.1 cm³/mol. The van der Waals surface area contributed by atoms with E-state index >= 15 is 0 Å². The summed E-state index contributed by atoms with van der Waals surface area (Å²) in [5.74, 6) is 1.01. The standard InChI is InChI=1S/C16H19NO3S2/c1-13-7-9-14(10-8-13)21-12-11-17-22(18,19)16-6-4-3-5-15(16)20-2/h3-10,17H,11-12H2,1-2H3. The molecule has 6 heteroatoms. The summed E-state index contributed by atoms with van der Waals surface area (Å²) in [6.45, 7) is 2.40. The number of hydrogen-bond acceptors (Lipinski definition) is 4. The Hall–Kier alpha value is -1.50. The van der Waals surface area contributed by atoms with Gasteiger partial charge in [0.25, 0.3) is 0 Å². The summed E-state index contributed by atoms with van der Waals surface area (Å²) in [5.41, 5.74) is 1.21. The Balaban J connectivity index is 1.91. The van der Waals surface area contributed by atoms with Crippen LogP contribution >= 0.6 is 11.8 Å². The first-order valence-electron chi connectivity index (χ1n) is 6.85. The van der Waals surface area contributed by atoms with Crippen LogP contribution in [0.1, 0.15) is 5.56 Å². The van der Waals surface area contributed by atoms with E-state index in [1.165, 1.54) is 18.7 Å². The first-order chi connectivity index (χ1) is 10.5. The van der Waals surface area contributed by atoms with Crippen LogP contribution in [0.4, 0.5) is 0 Å². The van der Waals surface area contributed by atoms with Gasteiger partial charge in [0.1, 0.15) is 10.6 Å². The number of nitrogens with one attached hydrogen (secondary N) is 1. The molecule has 0 bridgehead atoms. The maximum Gasteiger partial charge on any atom is 0.244 e. The molecule has 2 aromatic carbocycles. The molecule has 0 aliphatic heterocycles. The molecule has 0 radical (unpaired) electrons. The van der Waals surface area contributed by atoms with E-state index in [-0.39, 0.29) is 4.90 Å². The number of sulfonamides is 1. The minimum Gasteiger partial charge on any atom is -0.495 e. The zero-order chi connectivity index (χ0) is 16.0. The van der Waals surface area contributed by atoms with E-state index in [4.69, 9.17) is 4.74 Å². The van der Waals surface area contributed by atoms with Crippen LogP contribution in [0, 0.1) is 6.92 Å². The Labute approximate surface area is 135 Å². The molecule has 22 heavy (non-hydrogen) atoms. The maximum absolute atomic E-state index is 12.3. The molecule has 0 amide bonds. The lowest BCUT2D eigenvalue weighted by Crippen LogP contribution is -2.26. The van der Waals surface area contributed by atoms with Crippen LogP contribution in [0.5, 0.6) is 5.75 Å². The van der Waals surface area contributed by atoms with E-state index in [9.17, 15) is 8.42 Å². The Kier molecular flexibility index (Phi) is 5.88. The molecule has 118 valence electrons. The largest absolute Gasteiger partial charge is 0.495 e. The number of aryl methyl sites for hydroxylation is 1. The fraction of sp³-hybridized carbons (Fsp3) is 0.250. The average molecular weight is 337 g/mol. The van der Waals surface area contributed by atoms with Gasteiger partial charge in [-0.2, -0.15) is 0 Å². The van der Waals surface area contributed by atoms with Gasteiger partial charge in [-0.3, -0.25) is 0 Å². The van der Waals surface area contributed by atoms with Crippen molar-refractivity contribution in [2.75, 3.05) is 19.4 Å². The van der Waals surface area contributed by atoms with Crippen molar-refractivity contribution in [1.29, 1.82) is 0 Å². The van der Waals surface area contributed by atoms with Crippen molar-refractivity contribution in [1.82, 2.24) is 4.72 Å². The highest BCUT2D eigenvalue weighted by Gasteiger charge is 2.17. The number of benzene rings is 2. The third-order valence-electron chi connectivity index (χ3n) is 3.04. The number of hydrogen-bond donors (Lipinski definition) is 1. The zero-order valence-electron chi connectivity index (χ0n) is 12.6. The smallest absolute Gasteiger partial charge is 0.244 e. The lowest BCUT2D eigenvalue weighted by molar-refractivity contribution is 0.402. The second kappa shape index (κ2) is 7.67. The van der Waals surface area contributed by atoms with Gasteiger partial charge >= 0.3 is 0 Å². The van der Waals surface area contributed by atoms with Crippen LogP contribution in [-0.2, 0) is 10.0 Å². The van der Waals surface area contributed by atoms with Gasteiger partial charge in [0, 0.05) is 17.2 Å². The number of thioether (sulfide) groups is 1. The summed E-state index contributed by atoms with van der Waals surface area (Å²) in [5, 5.41) is 0. The van der Waals surface area contributed by atoms with Crippen molar-refractivity contribution in [3.63, 3.8) is 0 Å². The van der Waals surface area contributed by atoms with E-state index in [1.54, 1.807) is 30.0 Å². The first-order valence-corrected chi connectivity index (χ1v) is 9.32. The topological polar surface area (TPSA) is 55.4 Å². The second-order valence-corrected chi connectivity index (χ2v) is 7.61. The van der Waals surface area contributed by atoms with Crippen molar-refractivity contribution in [2.45, 2.75) is 16.7 Å². The third-order valence-corrected chi connectivity index (χ3v) is 5.56. The van der Waals surface area contributed by atoms with Crippen molar-refractivity contribution in [2.24, 2.45) is 0 Å². The highest BCUT2D eigenvalue weighted by molar-refractivity contribution is 7.99. The number of rotatable bonds is 7. The first kappa shape index (κ1) is 16.9. The Morgan fingerprint density at radius 2 is 1.77 bits per heavy atom.